The summed E-state index contributed by atoms with van der Waals surface area (Å²) >= 11 is 0.632. The number of thiophene rings is 1. The molecule has 1 rings (SSSR count). The Morgan fingerprint density at radius 3 is 2.56 bits per heavy atom. The van der Waals surface area contributed by atoms with Gasteiger partial charge < -0.3 is 23.0 Å². The molecule has 1 amide bonds. The van der Waals surface area contributed by atoms with E-state index >= 15 is 0 Å². The number of alkyl carbamates (subject to hydrolysis) is 1. The summed E-state index contributed by atoms with van der Waals surface area (Å²) in [6.07, 6.45) is -0.727. The normalized spacial score (nSPS) is 12.3. The standard InChI is InChI=1S/C10H14BF3NO2S/c1-10(2,3)17-9(16)15-6-7-4-5-18-8(7)11(12,13)14/h4-5H,6H2,1-3H3,(H,15,16)/q-1. The third-order valence-corrected chi connectivity index (χ3v) is 2.96. The van der Waals surface area contributed by atoms with Crippen molar-refractivity contribution in [3.63, 3.8) is 0 Å². The SMILES string of the molecule is CC(C)(C)OC(=O)NCc1ccsc1[B-](F)(F)F. The van der Waals surface area contributed by atoms with Crippen molar-refractivity contribution in [3.05, 3.63) is 17.0 Å². The second-order valence-electron chi connectivity index (χ2n) is 4.74. The van der Waals surface area contributed by atoms with E-state index in [2.05, 4.69) is 5.32 Å². The molecule has 0 aliphatic carbocycles. The van der Waals surface area contributed by atoms with Crippen LogP contribution in [0.15, 0.2) is 11.4 Å². The zero-order valence-corrected chi connectivity index (χ0v) is 11.1. The molecular weight excluding hydrogens is 266 g/mol. The molecule has 0 aromatic carbocycles. The smallest absolute Gasteiger partial charge is 0.444 e. The van der Waals surface area contributed by atoms with E-state index in [1.165, 1.54) is 11.4 Å². The molecule has 3 nitrogen and oxygen atoms in total. The van der Waals surface area contributed by atoms with Gasteiger partial charge in [-0.2, -0.15) is 11.3 Å². The lowest BCUT2D eigenvalue weighted by Gasteiger charge is -2.20. The lowest BCUT2D eigenvalue weighted by Crippen LogP contribution is -2.37. The number of nitrogens with one attached hydrogen (secondary N) is 1. The number of halogens is 3. The van der Waals surface area contributed by atoms with Crippen molar-refractivity contribution in [1.82, 2.24) is 5.32 Å². The van der Waals surface area contributed by atoms with E-state index in [0.717, 1.165) is 0 Å². The quantitative estimate of drug-likeness (QED) is 0.864. The van der Waals surface area contributed by atoms with Crippen molar-refractivity contribution in [2.45, 2.75) is 32.9 Å². The number of carbonyl (C=O) groups is 1. The third kappa shape index (κ3) is 4.60. The average Bonchev–Trinajstić information content (AvgIpc) is 2.58. The Morgan fingerprint density at radius 1 is 1.44 bits per heavy atom. The first kappa shape index (κ1) is 14.9. The molecule has 0 atom stereocenters. The summed E-state index contributed by atoms with van der Waals surface area (Å²) in [5.41, 5.74) is -0.603. The van der Waals surface area contributed by atoms with Crippen LogP contribution in [0.2, 0.25) is 0 Å². The topological polar surface area (TPSA) is 38.3 Å². The highest BCUT2D eigenvalue weighted by Crippen LogP contribution is 2.16. The van der Waals surface area contributed by atoms with Crippen LogP contribution in [0.25, 0.3) is 0 Å². The second-order valence-corrected chi connectivity index (χ2v) is 5.69. The Balaban J connectivity index is 2.60. The van der Waals surface area contributed by atoms with E-state index in [1.54, 1.807) is 20.8 Å². The summed E-state index contributed by atoms with van der Waals surface area (Å²) in [6.45, 7) is -0.172. The van der Waals surface area contributed by atoms with Crippen LogP contribution < -0.4 is 10.1 Å². The molecule has 1 heterocycles. The van der Waals surface area contributed by atoms with Gasteiger partial charge in [0.15, 0.2) is 0 Å². The summed E-state index contributed by atoms with van der Waals surface area (Å²) in [4.78, 5) is 11.3. The van der Waals surface area contributed by atoms with Gasteiger partial charge in [0.05, 0.1) is 0 Å². The van der Waals surface area contributed by atoms with Crippen LogP contribution in [0.1, 0.15) is 26.3 Å². The van der Waals surface area contributed by atoms with Crippen molar-refractivity contribution in [1.29, 1.82) is 0 Å². The monoisotopic (exact) mass is 280 g/mol. The molecule has 102 valence electrons. The highest BCUT2D eigenvalue weighted by atomic mass is 32.1. The molecule has 1 aromatic heterocycles. The van der Waals surface area contributed by atoms with Crippen molar-refractivity contribution in [2.24, 2.45) is 0 Å². The van der Waals surface area contributed by atoms with Crippen LogP contribution >= 0.6 is 11.3 Å². The second kappa shape index (κ2) is 5.21. The Labute approximate surface area is 107 Å². The predicted molar refractivity (Wildman–Crippen MR) is 66.1 cm³/mol. The van der Waals surface area contributed by atoms with E-state index in [0.29, 0.717) is 11.3 Å². The molecule has 0 fully saturated rings. The van der Waals surface area contributed by atoms with Gasteiger partial charge in [-0.05, 0) is 42.6 Å². The maximum Gasteiger partial charge on any atom is 0.519 e. The molecule has 0 aliphatic heterocycles. The number of hydrogen-bond donors (Lipinski definition) is 1. The zero-order chi connectivity index (χ0) is 14.0. The first-order chi connectivity index (χ1) is 8.09. The van der Waals surface area contributed by atoms with E-state index in [1.807, 2.05) is 0 Å². The molecule has 1 N–H and O–H groups in total. The van der Waals surface area contributed by atoms with Gasteiger partial charge in [0, 0.05) is 6.54 Å². The van der Waals surface area contributed by atoms with Crippen molar-refractivity contribution in [2.75, 3.05) is 0 Å². The van der Waals surface area contributed by atoms with Crippen LogP contribution in [0.5, 0.6) is 0 Å². The number of amides is 1. The van der Waals surface area contributed by atoms with Gasteiger partial charge in [0.1, 0.15) is 5.60 Å². The van der Waals surface area contributed by atoms with Gasteiger partial charge in [0.2, 0.25) is 0 Å². The predicted octanol–water partition coefficient (Wildman–Crippen LogP) is 2.83. The van der Waals surface area contributed by atoms with Gasteiger partial charge in [-0.15, -0.1) is 0 Å². The third-order valence-electron chi connectivity index (χ3n) is 1.90. The molecule has 0 bridgehead atoms. The first-order valence-corrected chi connectivity index (χ1v) is 6.20. The Kier molecular flexibility index (Phi) is 4.31. The Hall–Kier alpha value is -1.18. The highest BCUT2D eigenvalue weighted by Gasteiger charge is 2.29. The summed E-state index contributed by atoms with van der Waals surface area (Å²) in [5.74, 6) is 0. The highest BCUT2D eigenvalue weighted by molar-refractivity contribution is 7.22. The number of carbonyl (C=O) groups excluding carboxylic acids is 1. The van der Waals surface area contributed by atoms with Gasteiger partial charge >= 0.3 is 13.1 Å². The fourth-order valence-electron chi connectivity index (χ4n) is 1.26. The van der Waals surface area contributed by atoms with Crippen LogP contribution in [0, 0.1) is 0 Å². The average molecular weight is 280 g/mol. The maximum atomic E-state index is 12.6. The minimum atomic E-state index is -5.03. The molecule has 1 aromatic rings. The largest absolute Gasteiger partial charge is 0.519 e. The Morgan fingerprint density at radius 2 is 2.06 bits per heavy atom. The molecular formula is C10H14BF3NO2S-. The summed E-state index contributed by atoms with van der Waals surface area (Å²) in [5, 5.41) is 3.67. The lowest BCUT2D eigenvalue weighted by molar-refractivity contribution is 0.0523. The van der Waals surface area contributed by atoms with Gasteiger partial charge in [0.25, 0.3) is 0 Å². The molecule has 0 radical (unpaired) electrons. The van der Waals surface area contributed by atoms with E-state index in [9.17, 15) is 17.7 Å². The number of hydrogen-bond acceptors (Lipinski definition) is 3. The zero-order valence-electron chi connectivity index (χ0n) is 10.3. The molecule has 8 heteroatoms. The van der Waals surface area contributed by atoms with Crippen LogP contribution in [0.4, 0.5) is 17.7 Å². The molecule has 0 saturated heterocycles. The molecule has 0 spiro atoms. The Bertz CT molecular complexity index is 425. The molecule has 0 unspecified atom stereocenters. The van der Waals surface area contributed by atoms with Crippen LogP contribution in [-0.2, 0) is 11.3 Å². The van der Waals surface area contributed by atoms with Crippen molar-refractivity contribution in [3.8, 4) is 0 Å². The summed E-state index contributed by atoms with van der Waals surface area (Å²) in [6, 6.07) is 1.35. The van der Waals surface area contributed by atoms with Gasteiger partial charge in [-0.3, -0.25) is 0 Å². The first-order valence-electron chi connectivity index (χ1n) is 5.32. The van der Waals surface area contributed by atoms with E-state index in [-0.39, 0.29) is 12.1 Å². The fourth-order valence-corrected chi connectivity index (χ4v) is 2.09. The molecule has 0 aliphatic rings. The summed E-state index contributed by atoms with van der Waals surface area (Å²) < 4.78 is 42.1. The minimum absolute atomic E-state index is 0.0679. The lowest BCUT2D eigenvalue weighted by atomic mass is 9.86. The van der Waals surface area contributed by atoms with Crippen molar-refractivity contribution >= 4 is 29.2 Å². The number of ether oxygens (including phenoxy) is 1. The molecule has 18 heavy (non-hydrogen) atoms. The van der Waals surface area contributed by atoms with E-state index in [4.69, 9.17) is 4.74 Å². The number of rotatable bonds is 3. The van der Waals surface area contributed by atoms with E-state index < -0.39 is 23.4 Å². The molecule has 0 saturated carbocycles. The van der Waals surface area contributed by atoms with Crippen LogP contribution in [-0.4, -0.2) is 18.7 Å². The van der Waals surface area contributed by atoms with Crippen LogP contribution in [0.3, 0.4) is 0 Å². The summed E-state index contributed by atoms with van der Waals surface area (Å²) in [7, 11) is 0. The maximum absolute atomic E-state index is 12.6. The van der Waals surface area contributed by atoms with Gasteiger partial charge in [-0.25, -0.2) is 4.79 Å². The fraction of sp³-hybridized carbons (Fsp3) is 0.500. The van der Waals surface area contributed by atoms with Gasteiger partial charge in [-0.1, -0.05) is 0 Å². The van der Waals surface area contributed by atoms with Crippen molar-refractivity contribution < 1.29 is 22.5 Å². The minimum Gasteiger partial charge on any atom is -0.444 e.